The number of ether oxygens (including phenoxy) is 1. The molecule has 0 radical (unpaired) electrons. The van der Waals surface area contributed by atoms with Crippen molar-refractivity contribution in [2.24, 2.45) is 0 Å². The highest BCUT2D eigenvalue weighted by atomic mass is 28.4. The van der Waals surface area contributed by atoms with Crippen LogP contribution in [0.25, 0.3) is 0 Å². The fourth-order valence-corrected chi connectivity index (χ4v) is 4.68. The Hall–Kier alpha value is 0.0569. The molecule has 1 atom stereocenters. The molecule has 5 heteroatoms. The average Bonchev–Trinajstić information content (AvgIpc) is 2.40. The summed E-state index contributed by atoms with van der Waals surface area (Å²) in [5.41, 5.74) is 0.154. The Morgan fingerprint density at radius 3 is 1.65 bits per heavy atom. The standard InChI is InChI=1S/C15H34O3Si.H2O/c1-6-10-13-17-19(5,18-14-11-7-2)15(9-4)16-12-8-3;/h15H,6-14H2,1-5H3;1H2. The maximum absolute atomic E-state index is 6.16. The number of unbranched alkanes of at least 4 members (excludes halogenated alkanes) is 2. The van der Waals surface area contributed by atoms with Crippen LogP contribution in [-0.2, 0) is 13.6 Å². The monoisotopic (exact) mass is 308 g/mol. The highest BCUT2D eigenvalue weighted by Gasteiger charge is 2.41. The largest absolute Gasteiger partial charge is 0.412 e. The van der Waals surface area contributed by atoms with Gasteiger partial charge in [-0.05, 0) is 32.2 Å². The van der Waals surface area contributed by atoms with E-state index in [4.69, 9.17) is 13.6 Å². The molecule has 0 aromatic heterocycles. The topological polar surface area (TPSA) is 59.2 Å². The highest BCUT2D eigenvalue weighted by molar-refractivity contribution is 6.67. The van der Waals surface area contributed by atoms with Crippen LogP contribution in [0.1, 0.15) is 66.2 Å². The molecule has 0 aromatic carbocycles. The first kappa shape index (κ1) is 22.3. The molecule has 20 heavy (non-hydrogen) atoms. The molecule has 0 heterocycles. The second kappa shape index (κ2) is 14.0. The Kier molecular flexibility index (Phi) is 15.7. The number of hydrogen-bond acceptors (Lipinski definition) is 3. The Bertz CT molecular complexity index is 192. The van der Waals surface area contributed by atoms with Crippen LogP contribution in [0.3, 0.4) is 0 Å². The lowest BCUT2D eigenvalue weighted by atomic mass is 10.4. The molecule has 0 aliphatic carbocycles. The average molecular weight is 309 g/mol. The van der Waals surface area contributed by atoms with Gasteiger partial charge in [-0.25, -0.2) is 0 Å². The molecule has 0 amide bonds. The maximum Gasteiger partial charge on any atom is 0.364 e. The van der Waals surface area contributed by atoms with E-state index in [1.807, 2.05) is 0 Å². The SMILES string of the molecule is CCCCO[Si](C)(OCCCC)C(CC)OCCC.O. The molecule has 4 nitrogen and oxygen atoms in total. The molecule has 0 saturated heterocycles. The van der Waals surface area contributed by atoms with E-state index in [0.717, 1.165) is 58.3 Å². The van der Waals surface area contributed by atoms with Crippen molar-refractivity contribution in [3.05, 3.63) is 0 Å². The van der Waals surface area contributed by atoms with Crippen molar-refractivity contribution < 1.29 is 19.1 Å². The molecule has 124 valence electrons. The molecule has 2 N–H and O–H groups in total. The third-order valence-corrected chi connectivity index (χ3v) is 6.55. The lowest BCUT2D eigenvalue weighted by Crippen LogP contribution is -2.52. The van der Waals surface area contributed by atoms with Crippen LogP contribution >= 0.6 is 0 Å². The smallest absolute Gasteiger partial charge is 0.364 e. The summed E-state index contributed by atoms with van der Waals surface area (Å²) in [6.45, 7) is 13.3. The molecule has 0 saturated carbocycles. The minimum atomic E-state index is -2.21. The Morgan fingerprint density at radius 2 is 1.30 bits per heavy atom. The van der Waals surface area contributed by atoms with Crippen molar-refractivity contribution in [1.29, 1.82) is 0 Å². The van der Waals surface area contributed by atoms with Crippen molar-refractivity contribution in [2.75, 3.05) is 19.8 Å². The normalized spacial score (nSPS) is 13.1. The fourth-order valence-electron chi connectivity index (χ4n) is 1.97. The second-order valence-electron chi connectivity index (χ2n) is 5.19. The predicted octanol–water partition coefficient (Wildman–Crippen LogP) is 3.61. The molecular weight excluding hydrogens is 272 g/mol. The van der Waals surface area contributed by atoms with Crippen molar-refractivity contribution >= 4 is 8.56 Å². The molecule has 0 aliphatic heterocycles. The van der Waals surface area contributed by atoms with E-state index in [0.29, 0.717) is 0 Å². The van der Waals surface area contributed by atoms with Crippen LogP contribution in [0.2, 0.25) is 6.55 Å². The predicted molar refractivity (Wildman–Crippen MR) is 87.3 cm³/mol. The fraction of sp³-hybridized carbons (Fsp3) is 1.00. The summed E-state index contributed by atoms with van der Waals surface area (Å²) in [4.78, 5) is 0. The summed E-state index contributed by atoms with van der Waals surface area (Å²) in [6, 6.07) is 0. The Morgan fingerprint density at radius 1 is 0.800 bits per heavy atom. The van der Waals surface area contributed by atoms with Gasteiger partial charge in [-0.2, -0.15) is 0 Å². The van der Waals surface area contributed by atoms with Crippen LogP contribution in [0.5, 0.6) is 0 Å². The van der Waals surface area contributed by atoms with E-state index in [9.17, 15) is 0 Å². The molecule has 0 fully saturated rings. The van der Waals surface area contributed by atoms with Crippen molar-refractivity contribution in [1.82, 2.24) is 0 Å². The van der Waals surface area contributed by atoms with Crippen molar-refractivity contribution in [3.63, 3.8) is 0 Å². The van der Waals surface area contributed by atoms with E-state index < -0.39 is 8.56 Å². The second-order valence-corrected chi connectivity index (χ2v) is 8.44. The third kappa shape index (κ3) is 9.08. The van der Waals surface area contributed by atoms with Crippen LogP contribution in [0.4, 0.5) is 0 Å². The van der Waals surface area contributed by atoms with Gasteiger partial charge in [-0.15, -0.1) is 0 Å². The summed E-state index contributed by atoms with van der Waals surface area (Å²) in [7, 11) is -2.21. The summed E-state index contributed by atoms with van der Waals surface area (Å²) in [5.74, 6) is 0. The Labute approximate surface area is 126 Å². The van der Waals surface area contributed by atoms with Gasteiger partial charge in [0, 0.05) is 19.8 Å². The van der Waals surface area contributed by atoms with E-state index in [2.05, 4.69) is 34.2 Å². The zero-order valence-corrected chi connectivity index (χ0v) is 15.2. The minimum Gasteiger partial charge on any atom is -0.412 e. The first-order valence-electron chi connectivity index (χ1n) is 8.04. The van der Waals surface area contributed by atoms with Crippen molar-refractivity contribution in [2.45, 2.75) is 78.5 Å². The molecule has 1 unspecified atom stereocenters. The number of hydrogen-bond donors (Lipinski definition) is 0. The molecule has 0 spiro atoms. The van der Waals surface area contributed by atoms with Gasteiger partial charge < -0.3 is 19.1 Å². The van der Waals surface area contributed by atoms with Gasteiger partial charge in [-0.3, -0.25) is 0 Å². The maximum atomic E-state index is 6.16. The summed E-state index contributed by atoms with van der Waals surface area (Å²) in [6.07, 6.45) is 6.54. The Balaban J connectivity index is 0. The van der Waals surface area contributed by atoms with E-state index in [1.54, 1.807) is 0 Å². The molecular formula is C15H36O4Si. The molecule has 0 bridgehead atoms. The van der Waals surface area contributed by atoms with Gasteiger partial charge in [-0.1, -0.05) is 40.5 Å². The number of rotatable bonds is 13. The van der Waals surface area contributed by atoms with Gasteiger partial charge in [0.05, 0.1) is 0 Å². The third-order valence-electron chi connectivity index (χ3n) is 3.25. The van der Waals surface area contributed by atoms with Gasteiger partial charge >= 0.3 is 8.56 Å². The highest BCUT2D eigenvalue weighted by Crippen LogP contribution is 2.20. The van der Waals surface area contributed by atoms with Gasteiger partial charge in [0.25, 0.3) is 0 Å². The first-order chi connectivity index (χ1) is 9.14. The molecule has 0 rings (SSSR count). The van der Waals surface area contributed by atoms with Crippen molar-refractivity contribution in [3.8, 4) is 0 Å². The zero-order chi connectivity index (χ0) is 14.6. The van der Waals surface area contributed by atoms with Gasteiger partial charge in [0.2, 0.25) is 0 Å². The lowest BCUT2D eigenvalue weighted by molar-refractivity contribution is 0.0431. The van der Waals surface area contributed by atoms with Crippen LogP contribution in [-0.4, -0.2) is 39.6 Å². The van der Waals surface area contributed by atoms with Crippen LogP contribution in [0.15, 0.2) is 0 Å². The first-order valence-corrected chi connectivity index (χ1v) is 10.4. The molecule has 0 aliphatic rings. The lowest BCUT2D eigenvalue weighted by Gasteiger charge is -2.34. The summed E-state index contributed by atoms with van der Waals surface area (Å²) < 4.78 is 18.3. The molecule has 0 aromatic rings. The van der Waals surface area contributed by atoms with E-state index in [1.165, 1.54) is 0 Å². The quantitative estimate of drug-likeness (QED) is 0.386. The minimum absolute atomic E-state index is 0. The van der Waals surface area contributed by atoms with Crippen LogP contribution < -0.4 is 0 Å². The van der Waals surface area contributed by atoms with Gasteiger partial charge in [0.1, 0.15) is 5.73 Å². The zero-order valence-electron chi connectivity index (χ0n) is 14.2. The van der Waals surface area contributed by atoms with E-state index >= 15 is 0 Å². The van der Waals surface area contributed by atoms with E-state index in [-0.39, 0.29) is 11.2 Å². The van der Waals surface area contributed by atoms with Gasteiger partial charge in [0.15, 0.2) is 0 Å². The summed E-state index contributed by atoms with van der Waals surface area (Å²) >= 11 is 0. The van der Waals surface area contributed by atoms with Crippen LogP contribution in [0, 0.1) is 0 Å². The summed E-state index contributed by atoms with van der Waals surface area (Å²) in [5, 5.41) is 0.